The minimum Gasteiger partial charge on any atom is -0.478 e. The van der Waals surface area contributed by atoms with Crippen LogP contribution in [-0.4, -0.2) is 20.5 Å². The van der Waals surface area contributed by atoms with E-state index >= 15 is 0 Å². The molecular weight excluding hydrogens is 263 g/mol. The number of carboxylic acids is 1. The maximum Gasteiger partial charge on any atom is 0.339 e. The van der Waals surface area contributed by atoms with E-state index in [0.717, 1.165) is 5.69 Å². The minimum absolute atomic E-state index is 0.141. The van der Waals surface area contributed by atoms with Crippen LogP contribution in [0.2, 0.25) is 0 Å². The Labute approximate surface area is 108 Å². The number of hydrogen-bond donors (Lipinski definition) is 1. The number of carboxylic acid groups (broad SMARTS) is 1. The van der Waals surface area contributed by atoms with Crippen LogP contribution in [0.1, 0.15) is 33.5 Å². The molecule has 0 aliphatic carbocycles. The van der Waals surface area contributed by atoms with Gasteiger partial charge >= 0.3 is 5.97 Å². The number of rotatable bonds is 3. The Kier molecular flexibility index (Phi) is 3.26. The molecule has 0 saturated carbocycles. The van der Waals surface area contributed by atoms with Gasteiger partial charge in [0.05, 0.1) is 5.69 Å². The fourth-order valence-corrected chi connectivity index (χ4v) is 2.18. The number of pyridine rings is 1. The molecule has 0 unspecified atom stereocenters. The molecule has 0 aliphatic heterocycles. The number of hydrogen-bond acceptors (Lipinski definition) is 2. The van der Waals surface area contributed by atoms with E-state index in [0.29, 0.717) is 17.8 Å². The second-order valence-corrected chi connectivity index (χ2v) is 4.61. The number of nitrogens with zero attached hydrogens (tertiary/aromatic N) is 2. The van der Waals surface area contributed by atoms with Crippen LogP contribution >= 0.6 is 23.2 Å². The molecule has 2 aromatic rings. The molecule has 4 nitrogen and oxygen atoms in total. The number of aromatic nitrogens is 2. The Morgan fingerprint density at radius 2 is 2.29 bits per heavy atom. The summed E-state index contributed by atoms with van der Waals surface area (Å²) in [5.41, 5.74) is 1.86. The van der Waals surface area contributed by atoms with Crippen molar-refractivity contribution in [2.24, 2.45) is 0 Å². The molecule has 0 saturated heterocycles. The van der Waals surface area contributed by atoms with Gasteiger partial charge in [0.1, 0.15) is 5.56 Å². The van der Waals surface area contributed by atoms with Crippen molar-refractivity contribution in [3.05, 3.63) is 35.3 Å². The predicted molar refractivity (Wildman–Crippen MR) is 66.0 cm³/mol. The monoisotopic (exact) mass is 272 g/mol. The van der Waals surface area contributed by atoms with Gasteiger partial charge < -0.3 is 9.51 Å². The van der Waals surface area contributed by atoms with E-state index in [2.05, 4.69) is 4.98 Å². The highest BCUT2D eigenvalue weighted by Gasteiger charge is 2.19. The molecule has 0 amide bonds. The summed E-state index contributed by atoms with van der Waals surface area (Å²) in [4.78, 5) is 14.5. The number of halogens is 2. The van der Waals surface area contributed by atoms with Crippen molar-refractivity contribution in [2.75, 3.05) is 0 Å². The van der Waals surface area contributed by atoms with Crippen molar-refractivity contribution in [1.29, 1.82) is 0 Å². The average molecular weight is 273 g/mol. The molecule has 0 fully saturated rings. The lowest BCUT2D eigenvalue weighted by Gasteiger charge is -2.02. The number of carbonyl (C=O) groups is 1. The summed E-state index contributed by atoms with van der Waals surface area (Å²) in [6.45, 7) is 1.94. The number of fused-ring (bicyclic) bond motifs is 1. The summed E-state index contributed by atoms with van der Waals surface area (Å²) >= 11 is 11.7. The summed E-state index contributed by atoms with van der Waals surface area (Å²) in [5, 5.41) is 9.07. The lowest BCUT2D eigenvalue weighted by molar-refractivity contribution is 0.0698. The molecule has 0 aromatic carbocycles. The summed E-state index contributed by atoms with van der Waals surface area (Å²) < 4.78 is 1.72. The maximum atomic E-state index is 11.1. The normalized spacial score (nSPS) is 11.3. The lowest BCUT2D eigenvalue weighted by atomic mass is 10.2. The van der Waals surface area contributed by atoms with Gasteiger partial charge in [0.15, 0.2) is 10.5 Å². The van der Waals surface area contributed by atoms with Gasteiger partial charge in [0, 0.05) is 11.9 Å². The molecule has 0 atom stereocenters. The minimum atomic E-state index is -1.02. The quantitative estimate of drug-likeness (QED) is 0.874. The van der Waals surface area contributed by atoms with Crippen LogP contribution in [0, 0.1) is 0 Å². The summed E-state index contributed by atoms with van der Waals surface area (Å²) in [7, 11) is 0. The Morgan fingerprint density at radius 3 is 2.82 bits per heavy atom. The Hall–Kier alpha value is -1.26. The van der Waals surface area contributed by atoms with Crippen molar-refractivity contribution in [3.8, 4) is 0 Å². The van der Waals surface area contributed by atoms with Crippen LogP contribution in [0.25, 0.3) is 5.65 Å². The zero-order valence-electron chi connectivity index (χ0n) is 9.02. The van der Waals surface area contributed by atoms with E-state index < -0.39 is 10.8 Å². The van der Waals surface area contributed by atoms with E-state index in [-0.39, 0.29) is 5.56 Å². The molecule has 1 N–H and O–H groups in total. The molecule has 0 spiro atoms. The van der Waals surface area contributed by atoms with Gasteiger partial charge in [-0.1, -0.05) is 30.1 Å². The van der Waals surface area contributed by atoms with E-state index in [1.54, 1.807) is 16.7 Å². The van der Waals surface area contributed by atoms with Crippen molar-refractivity contribution < 1.29 is 9.90 Å². The molecule has 6 heteroatoms. The van der Waals surface area contributed by atoms with Crippen LogP contribution < -0.4 is 0 Å². The van der Waals surface area contributed by atoms with Crippen LogP contribution in [-0.2, 0) is 6.42 Å². The third-order valence-electron chi connectivity index (χ3n) is 2.55. The largest absolute Gasteiger partial charge is 0.478 e. The molecule has 0 radical (unpaired) electrons. The highest BCUT2D eigenvalue weighted by molar-refractivity contribution is 6.44. The molecule has 2 heterocycles. The van der Waals surface area contributed by atoms with Gasteiger partial charge in [-0.3, -0.25) is 0 Å². The molecular formula is C11H10Cl2N2O2. The van der Waals surface area contributed by atoms with Crippen LogP contribution in [0.3, 0.4) is 0 Å². The van der Waals surface area contributed by atoms with Gasteiger partial charge in [-0.2, -0.15) is 0 Å². The SMILES string of the molecule is CCc1c(C(Cl)Cl)nc2c(C(=O)O)cccn12. The van der Waals surface area contributed by atoms with E-state index in [4.69, 9.17) is 28.3 Å². The van der Waals surface area contributed by atoms with Gasteiger partial charge in [0.2, 0.25) is 0 Å². The van der Waals surface area contributed by atoms with Crippen molar-refractivity contribution >= 4 is 34.8 Å². The van der Waals surface area contributed by atoms with E-state index in [9.17, 15) is 4.79 Å². The van der Waals surface area contributed by atoms with Crippen molar-refractivity contribution in [3.63, 3.8) is 0 Å². The van der Waals surface area contributed by atoms with Gasteiger partial charge in [0.25, 0.3) is 0 Å². The van der Waals surface area contributed by atoms with Crippen molar-refractivity contribution in [2.45, 2.75) is 18.2 Å². The van der Waals surface area contributed by atoms with Crippen LogP contribution in [0.4, 0.5) is 0 Å². The zero-order chi connectivity index (χ0) is 12.6. The standard InChI is InChI=1S/C11H10Cl2N2O2/c1-2-7-8(9(12)13)14-10-6(11(16)17)4-3-5-15(7)10/h3-5,9H,2H2,1H3,(H,16,17). The number of aromatic carboxylic acids is 1. The first-order valence-electron chi connectivity index (χ1n) is 5.07. The van der Waals surface area contributed by atoms with E-state index in [1.807, 2.05) is 6.92 Å². The lowest BCUT2D eigenvalue weighted by Crippen LogP contribution is -2.01. The first-order chi connectivity index (χ1) is 8.06. The fraction of sp³-hybridized carbons (Fsp3) is 0.273. The highest BCUT2D eigenvalue weighted by Crippen LogP contribution is 2.29. The Balaban J connectivity index is 2.81. The maximum absolute atomic E-state index is 11.1. The first kappa shape index (κ1) is 12.2. The molecule has 2 rings (SSSR count). The predicted octanol–water partition coefficient (Wildman–Crippen LogP) is 3.07. The highest BCUT2D eigenvalue weighted by atomic mass is 35.5. The summed E-state index contributed by atoms with van der Waals surface area (Å²) in [6, 6.07) is 3.17. The molecule has 2 aromatic heterocycles. The van der Waals surface area contributed by atoms with Crippen LogP contribution in [0.5, 0.6) is 0 Å². The van der Waals surface area contributed by atoms with Crippen LogP contribution in [0.15, 0.2) is 18.3 Å². The molecule has 90 valence electrons. The van der Waals surface area contributed by atoms with Gasteiger partial charge in [-0.15, -0.1) is 0 Å². The first-order valence-corrected chi connectivity index (χ1v) is 5.94. The number of alkyl halides is 2. The summed E-state index contributed by atoms with van der Waals surface area (Å²) in [6.07, 6.45) is 2.43. The Morgan fingerprint density at radius 1 is 1.59 bits per heavy atom. The number of aryl methyl sites for hydroxylation is 1. The van der Waals surface area contributed by atoms with E-state index in [1.165, 1.54) is 6.07 Å². The third-order valence-corrected chi connectivity index (χ3v) is 2.97. The Bertz CT molecular complexity index is 578. The topological polar surface area (TPSA) is 54.6 Å². The van der Waals surface area contributed by atoms with Gasteiger partial charge in [-0.05, 0) is 18.6 Å². The van der Waals surface area contributed by atoms with Gasteiger partial charge in [-0.25, -0.2) is 9.78 Å². The second-order valence-electron chi connectivity index (χ2n) is 3.52. The third kappa shape index (κ3) is 1.98. The second kappa shape index (κ2) is 4.55. The van der Waals surface area contributed by atoms with Crippen molar-refractivity contribution in [1.82, 2.24) is 9.38 Å². The smallest absolute Gasteiger partial charge is 0.339 e. The molecule has 0 aliphatic rings. The average Bonchev–Trinajstić information content (AvgIpc) is 2.66. The molecule has 0 bridgehead atoms. The summed E-state index contributed by atoms with van der Waals surface area (Å²) in [5.74, 6) is -1.02. The molecule has 17 heavy (non-hydrogen) atoms. The number of imidazole rings is 1. The zero-order valence-corrected chi connectivity index (χ0v) is 10.5. The fourth-order valence-electron chi connectivity index (χ4n) is 1.83.